The molecule has 0 aromatic heterocycles. The molecule has 10 heteroatoms. The van der Waals surface area contributed by atoms with Crippen molar-refractivity contribution in [3.63, 3.8) is 0 Å². The maximum Gasteiger partial charge on any atom is 0.343 e. The SMILES string of the molecule is Cc1ccc(C(=O)Oc2ccc(C(=O)COC(=O)[C@H](Cc3ccccc3)N3C(=O)[C@@H]4[C@H]5C[C@@H]([C@@H](Br)[C@H]5Br)[C@H]4C3=O)cc2)cc1. The van der Waals surface area contributed by atoms with Crippen LogP contribution in [0, 0.1) is 30.6 Å². The number of nitrogens with zero attached hydrogens (tertiary/aromatic N) is 1. The number of hydrogen-bond donors (Lipinski definition) is 0. The lowest BCUT2D eigenvalue weighted by Crippen LogP contribution is -2.48. The Labute approximate surface area is 271 Å². The minimum absolute atomic E-state index is 0.00457. The average Bonchev–Trinajstić information content (AvgIpc) is 3.64. The number of halogens is 2. The van der Waals surface area contributed by atoms with E-state index in [1.165, 1.54) is 24.3 Å². The summed E-state index contributed by atoms with van der Waals surface area (Å²) >= 11 is 7.39. The summed E-state index contributed by atoms with van der Waals surface area (Å²) in [6, 6.07) is 20.8. The number of ether oxygens (including phenoxy) is 2. The van der Waals surface area contributed by atoms with Crippen molar-refractivity contribution in [1.82, 2.24) is 4.90 Å². The van der Waals surface area contributed by atoms with Gasteiger partial charge in [0.05, 0.1) is 17.4 Å². The fourth-order valence-electron chi connectivity index (χ4n) is 6.68. The van der Waals surface area contributed by atoms with Gasteiger partial charge >= 0.3 is 11.9 Å². The second-order valence-corrected chi connectivity index (χ2v) is 13.7. The third kappa shape index (κ3) is 5.65. The summed E-state index contributed by atoms with van der Waals surface area (Å²) < 4.78 is 10.9. The minimum Gasteiger partial charge on any atom is -0.456 e. The number of ketones is 1. The molecule has 1 heterocycles. The first-order valence-electron chi connectivity index (χ1n) is 14.4. The van der Waals surface area contributed by atoms with Crippen LogP contribution in [0.5, 0.6) is 5.75 Å². The van der Waals surface area contributed by atoms with E-state index in [1.807, 2.05) is 49.4 Å². The van der Waals surface area contributed by atoms with Crippen LogP contribution < -0.4 is 4.74 Å². The van der Waals surface area contributed by atoms with Crippen molar-refractivity contribution in [3.8, 4) is 5.75 Å². The summed E-state index contributed by atoms with van der Waals surface area (Å²) in [7, 11) is 0. The van der Waals surface area contributed by atoms with E-state index < -0.39 is 42.2 Å². The van der Waals surface area contributed by atoms with Gasteiger partial charge in [0, 0.05) is 21.6 Å². The Hall–Kier alpha value is -3.63. The zero-order chi connectivity index (χ0) is 31.1. The van der Waals surface area contributed by atoms with Crippen LogP contribution in [-0.4, -0.2) is 56.7 Å². The molecule has 8 nitrogen and oxygen atoms in total. The molecule has 7 atom stereocenters. The molecule has 0 N–H and O–H groups in total. The predicted octanol–water partition coefficient (Wildman–Crippen LogP) is 5.33. The van der Waals surface area contributed by atoms with Gasteiger partial charge in [-0.25, -0.2) is 9.59 Å². The number of rotatable bonds is 9. The number of carbonyl (C=O) groups excluding carboxylic acids is 5. The van der Waals surface area contributed by atoms with Crippen molar-refractivity contribution in [2.75, 3.05) is 6.61 Å². The molecule has 2 amide bonds. The van der Waals surface area contributed by atoms with E-state index in [0.717, 1.165) is 22.4 Å². The molecule has 1 aliphatic heterocycles. The lowest BCUT2D eigenvalue weighted by Gasteiger charge is -2.28. The molecule has 6 rings (SSSR count). The number of hydrogen-bond acceptors (Lipinski definition) is 7. The van der Waals surface area contributed by atoms with E-state index in [-0.39, 0.29) is 51.0 Å². The average molecular weight is 723 g/mol. The fraction of sp³-hybridized carbons (Fsp3) is 0.324. The largest absolute Gasteiger partial charge is 0.456 e. The standard InChI is InChI=1S/C34H29Br2NO7/c1-18-7-9-21(10-8-18)33(41)44-22-13-11-20(12-14-22)26(38)17-43-34(42)25(15-19-5-3-2-4-6-19)37-31(39)27-23-16-24(28(27)32(37)40)30(36)29(23)35/h2-14,23-25,27-30H,15-17H2,1H3/t23-,24-,25+,27-,28-,29-,30+/m1/s1. The zero-order valence-electron chi connectivity index (χ0n) is 23.7. The summed E-state index contributed by atoms with van der Waals surface area (Å²) in [5.74, 6) is -3.20. The van der Waals surface area contributed by atoms with Crippen LogP contribution >= 0.6 is 31.9 Å². The highest BCUT2D eigenvalue weighted by atomic mass is 79.9. The first-order chi connectivity index (χ1) is 21.1. The van der Waals surface area contributed by atoms with Gasteiger partial charge in [-0.3, -0.25) is 19.3 Å². The maximum atomic E-state index is 13.7. The highest BCUT2D eigenvalue weighted by molar-refractivity contribution is 9.12. The fourth-order valence-corrected chi connectivity index (χ4v) is 8.55. The number of likely N-dealkylation sites (tertiary alicyclic amines) is 1. The number of carbonyl (C=O) groups is 5. The molecule has 2 bridgehead atoms. The molecule has 44 heavy (non-hydrogen) atoms. The van der Waals surface area contributed by atoms with Crippen LogP contribution in [-0.2, 0) is 25.5 Å². The van der Waals surface area contributed by atoms with Crippen molar-refractivity contribution in [3.05, 3.63) is 101 Å². The Bertz CT molecular complexity index is 1580. The first kappa shape index (κ1) is 30.4. The highest BCUT2D eigenvalue weighted by Crippen LogP contribution is 2.60. The Morgan fingerprint density at radius 2 is 1.39 bits per heavy atom. The Morgan fingerprint density at radius 1 is 0.818 bits per heavy atom. The lowest BCUT2D eigenvalue weighted by molar-refractivity contribution is -0.158. The third-order valence-corrected chi connectivity index (χ3v) is 12.1. The summed E-state index contributed by atoms with van der Waals surface area (Å²) in [6.07, 6.45) is 0.857. The molecule has 1 saturated heterocycles. The number of aryl methyl sites for hydroxylation is 1. The molecular formula is C34H29Br2NO7. The molecule has 3 fully saturated rings. The van der Waals surface area contributed by atoms with Crippen molar-refractivity contribution in [2.45, 2.75) is 35.5 Å². The lowest BCUT2D eigenvalue weighted by atomic mass is 9.81. The number of Topliss-reactive ketones (excluding diaryl/α,β-unsaturated/α-hetero) is 1. The quantitative estimate of drug-likeness (QED) is 0.0967. The normalized spacial score (nSPS) is 25.9. The van der Waals surface area contributed by atoms with E-state index in [9.17, 15) is 24.0 Å². The van der Waals surface area contributed by atoms with Crippen LogP contribution in [0.2, 0.25) is 0 Å². The van der Waals surface area contributed by atoms with Gasteiger partial charge in [0.1, 0.15) is 11.8 Å². The van der Waals surface area contributed by atoms with E-state index in [1.54, 1.807) is 12.1 Å². The summed E-state index contributed by atoms with van der Waals surface area (Å²) in [6.45, 7) is 1.34. The number of benzene rings is 3. The first-order valence-corrected chi connectivity index (χ1v) is 16.2. The molecule has 2 saturated carbocycles. The van der Waals surface area contributed by atoms with Crippen LogP contribution in [0.1, 0.15) is 38.3 Å². The summed E-state index contributed by atoms with van der Waals surface area (Å²) in [5.41, 5.74) is 2.43. The number of esters is 2. The maximum absolute atomic E-state index is 13.7. The van der Waals surface area contributed by atoms with Gasteiger partial charge in [-0.05, 0) is 67.1 Å². The minimum atomic E-state index is -1.19. The second-order valence-electron chi connectivity index (χ2n) is 11.6. The molecule has 0 spiro atoms. The van der Waals surface area contributed by atoms with Gasteiger partial charge in [0.25, 0.3) is 0 Å². The molecule has 3 aliphatic rings. The van der Waals surface area contributed by atoms with Crippen LogP contribution in [0.25, 0.3) is 0 Å². The van der Waals surface area contributed by atoms with E-state index in [0.29, 0.717) is 5.56 Å². The van der Waals surface area contributed by atoms with Gasteiger partial charge in [-0.1, -0.05) is 79.9 Å². The van der Waals surface area contributed by atoms with Crippen LogP contribution in [0.15, 0.2) is 78.9 Å². The number of amides is 2. The van der Waals surface area contributed by atoms with E-state index in [4.69, 9.17) is 9.47 Å². The molecule has 2 aliphatic carbocycles. The van der Waals surface area contributed by atoms with Gasteiger partial charge in [0.15, 0.2) is 12.4 Å². The highest BCUT2D eigenvalue weighted by Gasteiger charge is 2.67. The zero-order valence-corrected chi connectivity index (χ0v) is 26.9. The second kappa shape index (κ2) is 12.4. The Kier molecular flexibility index (Phi) is 8.57. The number of fused-ring (bicyclic) bond motifs is 5. The molecule has 226 valence electrons. The van der Waals surface area contributed by atoms with Gasteiger partial charge in [0.2, 0.25) is 11.8 Å². The van der Waals surface area contributed by atoms with Gasteiger partial charge in [-0.15, -0.1) is 0 Å². The van der Waals surface area contributed by atoms with E-state index >= 15 is 0 Å². The number of imide groups is 1. The predicted molar refractivity (Wildman–Crippen MR) is 168 cm³/mol. The van der Waals surface area contributed by atoms with Crippen molar-refractivity contribution >= 4 is 61.4 Å². The summed E-state index contributed by atoms with van der Waals surface area (Å²) in [4.78, 5) is 67.5. The molecule has 0 radical (unpaired) electrons. The monoisotopic (exact) mass is 721 g/mol. The van der Waals surface area contributed by atoms with E-state index in [2.05, 4.69) is 31.9 Å². The van der Waals surface area contributed by atoms with Crippen molar-refractivity contribution in [1.29, 1.82) is 0 Å². The Morgan fingerprint density at radius 3 is 1.98 bits per heavy atom. The van der Waals surface area contributed by atoms with Crippen LogP contribution in [0.3, 0.4) is 0 Å². The van der Waals surface area contributed by atoms with Crippen LogP contribution in [0.4, 0.5) is 0 Å². The molecule has 3 aromatic rings. The van der Waals surface area contributed by atoms with Gasteiger partial charge < -0.3 is 9.47 Å². The van der Waals surface area contributed by atoms with Crippen molar-refractivity contribution < 1.29 is 33.4 Å². The molecule has 0 unspecified atom stereocenters. The molecular weight excluding hydrogens is 694 g/mol. The number of alkyl halides is 2. The topological polar surface area (TPSA) is 107 Å². The Balaban J connectivity index is 1.13. The smallest absolute Gasteiger partial charge is 0.343 e. The third-order valence-electron chi connectivity index (χ3n) is 8.90. The van der Waals surface area contributed by atoms with Gasteiger partial charge in [-0.2, -0.15) is 0 Å². The van der Waals surface area contributed by atoms with Crippen molar-refractivity contribution in [2.24, 2.45) is 23.7 Å². The molecule has 3 aromatic carbocycles. The summed E-state index contributed by atoms with van der Waals surface area (Å²) in [5, 5.41) is 0.